The van der Waals surface area contributed by atoms with Gasteiger partial charge >= 0.3 is 6.18 Å². The summed E-state index contributed by atoms with van der Waals surface area (Å²) in [7, 11) is 0. The van der Waals surface area contributed by atoms with Crippen molar-refractivity contribution in [2.75, 3.05) is 6.54 Å². The number of hydrogen-bond acceptors (Lipinski definition) is 3. The maximum Gasteiger partial charge on any atom is 0.416 e. The number of aliphatic hydroxyl groups excluding tert-OH is 1. The largest absolute Gasteiger partial charge is 0.416 e. The van der Waals surface area contributed by atoms with E-state index in [-0.39, 0.29) is 17.9 Å². The normalized spacial score (nSPS) is 13.0. The molecule has 0 radical (unpaired) electrons. The number of carbonyl (C=O) groups excluding carboxylic acids is 1. The van der Waals surface area contributed by atoms with Gasteiger partial charge in [0.1, 0.15) is 0 Å². The first-order valence-electron chi connectivity index (χ1n) is 6.47. The molecule has 0 fully saturated rings. The third kappa shape index (κ3) is 3.85. The van der Waals surface area contributed by atoms with Crippen LogP contribution in [0.1, 0.15) is 23.0 Å². The van der Waals surface area contributed by atoms with E-state index in [2.05, 4.69) is 10.4 Å². The predicted octanol–water partition coefficient (Wildman–Crippen LogP) is 2.00. The first-order chi connectivity index (χ1) is 10.3. The molecule has 0 aliphatic rings. The summed E-state index contributed by atoms with van der Waals surface area (Å²) >= 11 is 0. The maximum absolute atomic E-state index is 12.7. The molecule has 1 aromatic heterocycles. The van der Waals surface area contributed by atoms with Gasteiger partial charge in [-0.2, -0.15) is 18.3 Å². The molecule has 22 heavy (non-hydrogen) atoms. The lowest BCUT2D eigenvalue weighted by Gasteiger charge is -2.08. The van der Waals surface area contributed by atoms with Gasteiger partial charge in [0.25, 0.3) is 5.91 Å². The lowest BCUT2D eigenvalue weighted by Crippen LogP contribution is -2.30. The Bertz CT molecular complexity index is 665. The molecule has 0 bridgehead atoms. The zero-order valence-corrected chi connectivity index (χ0v) is 11.6. The van der Waals surface area contributed by atoms with Crippen molar-refractivity contribution in [2.24, 2.45) is 0 Å². The van der Waals surface area contributed by atoms with Gasteiger partial charge in [0.2, 0.25) is 0 Å². The van der Waals surface area contributed by atoms with Gasteiger partial charge in [-0.1, -0.05) is 6.07 Å². The van der Waals surface area contributed by atoms with Gasteiger partial charge in [0.15, 0.2) is 5.69 Å². The van der Waals surface area contributed by atoms with Crippen LogP contribution < -0.4 is 5.32 Å². The van der Waals surface area contributed by atoms with Crippen LogP contribution in [-0.2, 0) is 6.18 Å². The molecule has 2 N–H and O–H groups in total. The highest BCUT2D eigenvalue weighted by atomic mass is 19.4. The average molecular weight is 313 g/mol. The van der Waals surface area contributed by atoms with E-state index in [1.54, 1.807) is 0 Å². The van der Waals surface area contributed by atoms with Gasteiger partial charge in [0.05, 0.1) is 17.4 Å². The number of halogens is 3. The molecule has 1 unspecified atom stereocenters. The molecular formula is C14H14F3N3O2. The maximum atomic E-state index is 12.7. The number of rotatable bonds is 4. The molecule has 1 amide bonds. The molecule has 0 saturated heterocycles. The molecule has 1 heterocycles. The first-order valence-corrected chi connectivity index (χ1v) is 6.47. The second kappa shape index (κ2) is 6.18. The van der Waals surface area contributed by atoms with Crippen LogP contribution in [0.3, 0.4) is 0 Å². The Balaban J connectivity index is 2.20. The predicted molar refractivity (Wildman–Crippen MR) is 72.6 cm³/mol. The van der Waals surface area contributed by atoms with E-state index in [0.29, 0.717) is 0 Å². The number of aliphatic hydroxyl groups is 1. The molecule has 8 heteroatoms. The van der Waals surface area contributed by atoms with Crippen LogP contribution >= 0.6 is 0 Å². The van der Waals surface area contributed by atoms with Crippen molar-refractivity contribution < 1.29 is 23.1 Å². The van der Waals surface area contributed by atoms with Gasteiger partial charge in [0, 0.05) is 12.7 Å². The van der Waals surface area contributed by atoms with Crippen molar-refractivity contribution in [3.8, 4) is 5.69 Å². The summed E-state index contributed by atoms with van der Waals surface area (Å²) in [5.74, 6) is -0.508. The lowest BCUT2D eigenvalue weighted by atomic mass is 10.2. The second-order valence-corrected chi connectivity index (χ2v) is 4.75. The SMILES string of the molecule is CC(O)CNC(=O)c1ccn(-c2cccc(C(F)(F)F)c2)n1. The molecule has 1 atom stereocenters. The molecule has 0 saturated carbocycles. The van der Waals surface area contributed by atoms with Crippen LogP contribution in [0.25, 0.3) is 5.69 Å². The minimum atomic E-state index is -4.44. The van der Waals surface area contributed by atoms with Crippen LogP contribution in [0.15, 0.2) is 36.5 Å². The topological polar surface area (TPSA) is 67.2 Å². The standard InChI is InChI=1S/C14H14F3N3O2/c1-9(21)8-18-13(22)12-5-6-20(19-12)11-4-2-3-10(7-11)14(15,16)17/h2-7,9,21H,8H2,1H3,(H,18,22). The van der Waals surface area contributed by atoms with Crippen molar-refractivity contribution in [1.82, 2.24) is 15.1 Å². The van der Waals surface area contributed by atoms with Crippen LogP contribution in [0.2, 0.25) is 0 Å². The number of nitrogens with zero attached hydrogens (tertiary/aromatic N) is 2. The van der Waals surface area contributed by atoms with E-state index in [1.165, 1.54) is 36.0 Å². The minimum absolute atomic E-state index is 0.0538. The van der Waals surface area contributed by atoms with Crippen molar-refractivity contribution in [1.29, 1.82) is 0 Å². The number of benzene rings is 1. The van der Waals surface area contributed by atoms with E-state index in [4.69, 9.17) is 5.11 Å². The van der Waals surface area contributed by atoms with Crippen LogP contribution in [0, 0.1) is 0 Å². The molecule has 2 rings (SSSR count). The smallest absolute Gasteiger partial charge is 0.392 e. The molecule has 5 nitrogen and oxygen atoms in total. The Morgan fingerprint density at radius 1 is 1.41 bits per heavy atom. The summed E-state index contributed by atoms with van der Waals surface area (Å²) in [5, 5.41) is 15.5. The zero-order valence-electron chi connectivity index (χ0n) is 11.6. The highest BCUT2D eigenvalue weighted by molar-refractivity contribution is 5.92. The molecule has 2 aromatic rings. The number of amides is 1. The Morgan fingerprint density at radius 2 is 2.14 bits per heavy atom. The van der Waals surface area contributed by atoms with Gasteiger partial charge in [-0.05, 0) is 31.2 Å². The number of carbonyl (C=O) groups is 1. The number of aromatic nitrogens is 2. The van der Waals surface area contributed by atoms with E-state index in [9.17, 15) is 18.0 Å². The summed E-state index contributed by atoms with van der Waals surface area (Å²) in [5.41, 5.74) is -0.539. The van der Waals surface area contributed by atoms with Gasteiger partial charge in [-0.15, -0.1) is 0 Å². The summed E-state index contributed by atoms with van der Waals surface area (Å²) in [4.78, 5) is 11.7. The third-order valence-electron chi connectivity index (χ3n) is 2.82. The van der Waals surface area contributed by atoms with Gasteiger partial charge < -0.3 is 10.4 Å². The highest BCUT2D eigenvalue weighted by Crippen LogP contribution is 2.30. The van der Waals surface area contributed by atoms with E-state index < -0.39 is 23.8 Å². The van der Waals surface area contributed by atoms with Crippen LogP contribution in [0.5, 0.6) is 0 Å². The Labute approximate surface area is 124 Å². The summed E-state index contributed by atoms with van der Waals surface area (Å²) in [6, 6.07) is 6.03. The Kier molecular flexibility index (Phi) is 4.51. The molecule has 118 valence electrons. The number of nitrogens with one attached hydrogen (secondary N) is 1. The Morgan fingerprint density at radius 3 is 2.77 bits per heavy atom. The summed E-state index contributed by atoms with van der Waals surface area (Å²) in [6.07, 6.45) is -3.75. The lowest BCUT2D eigenvalue weighted by molar-refractivity contribution is -0.137. The van der Waals surface area contributed by atoms with E-state index in [1.807, 2.05) is 0 Å². The van der Waals surface area contributed by atoms with Crippen molar-refractivity contribution in [3.05, 3.63) is 47.8 Å². The molecule has 0 spiro atoms. The van der Waals surface area contributed by atoms with Crippen molar-refractivity contribution >= 4 is 5.91 Å². The second-order valence-electron chi connectivity index (χ2n) is 4.75. The van der Waals surface area contributed by atoms with Crippen molar-refractivity contribution in [2.45, 2.75) is 19.2 Å². The quantitative estimate of drug-likeness (QED) is 0.907. The van der Waals surface area contributed by atoms with Gasteiger partial charge in [-0.3, -0.25) is 4.79 Å². The Hall–Kier alpha value is -2.35. The van der Waals surface area contributed by atoms with Gasteiger partial charge in [-0.25, -0.2) is 4.68 Å². The summed E-state index contributed by atoms with van der Waals surface area (Å²) < 4.78 is 39.2. The van der Waals surface area contributed by atoms with E-state index in [0.717, 1.165) is 12.1 Å². The molecule has 0 aliphatic carbocycles. The molecule has 1 aromatic carbocycles. The molecular weight excluding hydrogens is 299 g/mol. The average Bonchev–Trinajstić information content (AvgIpc) is 2.94. The zero-order chi connectivity index (χ0) is 16.3. The summed E-state index contributed by atoms with van der Waals surface area (Å²) in [6.45, 7) is 1.58. The highest BCUT2D eigenvalue weighted by Gasteiger charge is 2.30. The monoisotopic (exact) mass is 313 g/mol. The van der Waals surface area contributed by atoms with E-state index >= 15 is 0 Å². The third-order valence-corrected chi connectivity index (χ3v) is 2.82. The first kappa shape index (κ1) is 16.0. The fraction of sp³-hybridized carbons (Fsp3) is 0.286. The van der Waals surface area contributed by atoms with Crippen molar-refractivity contribution in [3.63, 3.8) is 0 Å². The molecule has 0 aliphatic heterocycles. The fourth-order valence-electron chi connectivity index (χ4n) is 1.74. The fourth-order valence-corrected chi connectivity index (χ4v) is 1.74. The minimum Gasteiger partial charge on any atom is -0.392 e. The number of alkyl halides is 3. The number of hydrogen-bond donors (Lipinski definition) is 2. The van der Waals surface area contributed by atoms with Crippen LogP contribution in [0.4, 0.5) is 13.2 Å². The van der Waals surface area contributed by atoms with Crippen LogP contribution in [-0.4, -0.2) is 33.4 Å².